The summed E-state index contributed by atoms with van der Waals surface area (Å²) in [6, 6.07) is 0.552. The second kappa shape index (κ2) is 14.2. The first kappa shape index (κ1) is 31.2. The monoisotopic (exact) mass is 563 g/mol. The molecule has 0 saturated carbocycles. The third-order valence-electron chi connectivity index (χ3n) is 5.74. The van der Waals surface area contributed by atoms with Gasteiger partial charge in [-0.3, -0.25) is 28.8 Å². The van der Waals surface area contributed by atoms with Gasteiger partial charge < -0.3 is 47.1 Å². The van der Waals surface area contributed by atoms with Gasteiger partial charge in [0.05, 0.1) is 18.9 Å². The first-order valence-corrected chi connectivity index (χ1v) is 11.9. The Kier molecular flexibility index (Phi) is 11.1. The van der Waals surface area contributed by atoms with E-state index in [1.54, 1.807) is 30.5 Å². The lowest BCUT2D eigenvalue weighted by Crippen LogP contribution is -2.58. The number of carbonyl (C=O) groups is 7. The maximum atomic E-state index is 13.3. The van der Waals surface area contributed by atoms with E-state index in [4.69, 9.17) is 21.1 Å². The molecule has 0 fully saturated rings. The number of H-pyrrole nitrogens is 1. The fourth-order valence-corrected chi connectivity index (χ4v) is 3.75. The summed E-state index contributed by atoms with van der Waals surface area (Å²) in [6.45, 7) is 0. The molecule has 0 aliphatic rings. The number of nitrogens with two attached hydrogens (primary N) is 1. The highest BCUT2D eigenvalue weighted by atomic mass is 16.4. The molecular weight excluding hydrogens is 534 g/mol. The lowest BCUT2D eigenvalue weighted by Gasteiger charge is -2.24. The normalized spacial score (nSPS) is 13.8. The molecule has 4 unspecified atom stereocenters. The number of hydrogen-bond donors (Lipinski definition) is 9. The van der Waals surface area contributed by atoms with Gasteiger partial charge in [0.2, 0.25) is 17.7 Å². The minimum absolute atomic E-state index is 0.161. The molecule has 3 amide bonds. The van der Waals surface area contributed by atoms with Gasteiger partial charge in [-0.1, -0.05) is 18.2 Å². The van der Waals surface area contributed by atoms with Crippen molar-refractivity contribution in [2.24, 2.45) is 5.73 Å². The Bertz CT molecular complexity index is 1290. The summed E-state index contributed by atoms with van der Waals surface area (Å²) in [4.78, 5) is 86.1. The van der Waals surface area contributed by atoms with Crippen LogP contribution < -0.4 is 21.7 Å². The smallest absolute Gasteiger partial charge is 0.326 e. The number of hydrogen-bond acceptors (Lipinski definition) is 8. The highest BCUT2D eigenvalue weighted by Gasteiger charge is 2.32. The molecule has 0 spiro atoms. The summed E-state index contributed by atoms with van der Waals surface area (Å²) in [6.07, 6.45) is -1.44. The molecule has 2 rings (SSSR count). The van der Waals surface area contributed by atoms with Crippen LogP contribution in [0.25, 0.3) is 10.9 Å². The number of aliphatic carboxylic acids is 4. The lowest BCUT2D eigenvalue weighted by atomic mass is 10.0. The number of carboxylic acid groups (broad SMARTS) is 4. The molecule has 2 aromatic rings. The molecule has 0 radical (unpaired) electrons. The Labute approximate surface area is 225 Å². The van der Waals surface area contributed by atoms with E-state index in [1.165, 1.54) is 0 Å². The Morgan fingerprint density at radius 3 is 1.93 bits per heavy atom. The second-order valence-electron chi connectivity index (χ2n) is 8.82. The van der Waals surface area contributed by atoms with Crippen molar-refractivity contribution in [3.8, 4) is 0 Å². The zero-order valence-electron chi connectivity index (χ0n) is 21.0. The van der Waals surface area contributed by atoms with E-state index in [9.17, 15) is 38.7 Å². The summed E-state index contributed by atoms with van der Waals surface area (Å²) in [5.41, 5.74) is 6.89. The van der Waals surface area contributed by atoms with Gasteiger partial charge in [0.15, 0.2) is 0 Å². The van der Waals surface area contributed by atoms with E-state index in [1.807, 2.05) is 5.32 Å². The van der Waals surface area contributed by atoms with Gasteiger partial charge in [-0.2, -0.15) is 0 Å². The number of aromatic nitrogens is 1. The predicted molar refractivity (Wildman–Crippen MR) is 135 cm³/mol. The summed E-state index contributed by atoms with van der Waals surface area (Å²) < 4.78 is 0. The minimum Gasteiger partial charge on any atom is -0.481 e. The molecular formula is C24H29N5O11. The maximum Gasteiger partial charge on any atom is 0.326 e. The van der Waals surface area contributed by atoms with Gasteiger partial charge in [0, 0.05) is 29.9 Å². The van der Waals surface area contributed by atoms with Crippen molar-refractivity contribution in [1.29, 1.82) is 0 Å². The second-order valence-corrected chi connectivity index (χ2v) is 8.82. The average Bonchev–Trinajstić information content (AvgIpc) is 3.27. The maximum absolute atomic E-state index is 13.3. The van der Waals surface area contributed by atoms with E-state index >= 15 is 0 Å². The number of rotatable bonds is 16. The molecule has 1 aromatic heterocycles. The molecule has 10 N–H and O–H groups in total. The Morgan fingerprint density at radius 1 is 0.750 bits per heavy atom. The van der Waals surface area contributed by atoms with Gasteiger partial charge in [-0.15, -0.1) is 0 Å². The highest BCUT2D eigenvalue weighted by Crippen LogP contribution is 2.19. The Morgan fingerprint density at radius 2 is 1.32 bits per heavy atom. The molecule has 16 heteroatoms. The molecule has 0 aliphatic heterocycles. The summed E-state index contributed by atoms with van der Waals surface area (Å²) >= 11 is 0. The lowest BCUT2D eigenvalue weighted by molar-refractivity contribution is -0.147. The van der Waals surface area contributed by atoms with Crippen LogP contribution in [0.4, 0.5) is 0 Å². The topological polar surface area (TPSA) is 278 Å². The first-order valence-electron chi connectivity index (χ1n) is 11.9. The molecule has 0 aliphatic carbocycles. The largest absolute Gasteiger partial charge is 0.481 e. The summed E-state index contributed by atoms with van der Waals surface area (Å²) in [5.74, 6) is -9.04. The van der Waals surface area contributed by atoms with Crippen LogP contribution in [0.5, 0.6) is 0 Å². The number of aromatic amines is 1. The van der Waals surface area contributed by atoms with E-state index in [0.29, 0.717) is 16.5 Å². The van der Waals surface area contributed by atoms with Crippen LogP contribution in [0.15, 0.2) is 30.5 Å². The number of benzene rings is 1. The third kappa shape index (κ3) is 9.39. The zero-order chi connectivity index (χ0) is 30.0. The van der Waals surface area contributed by atoms with Crippen LogP contribution in [-0.4, -0.2) is 91.2 Å². The number of nitrogens with one attached hydrogen (secondary N) is 4. The molecule has 16 nitrogen and oxygen atoms in total. The third-order valence-corrected chi connectivity index (χ3v) is 5.74. The summed E-state index contributed by atoms with van der Waals surface area (Å²) in [5, 5.41) is 43.4. The molecule has 1 aromatic carbocycles. The van der Waals surface area contributed by atoms with Crippen molar-refractivity contribution >= 4 is 52.5 Å². The van der Waals surface area contributed by atoms with Crippen LogP contribution in [-0.2, 0) is 40.0 Å². The van der Waals surface area contributed by atoms with Crippen molar-refractivity contribution in [2.45, 2.75) is 56.3 Å². The first-order chi connectivity index (χ1) is 18.8. The minimum atomic E-state index is -1.87. The average molecular weight is 564 g/mol. The van der Waals surface area contributed by atoms with Crippen LogP contribution in [0, 0.1) is 0 Å². The highest BCUT2D eigenvalue weighted by molar-refractivity contribution is 5.96. The van der Waals surface area contributed by atoms with E-state index in [2.05, 4.69) is 15.6 Å². The van der Waals surface area contributed by atoms with Crippen molar-refractivity contribution in [3.63, 3.8) is 0 Å². The number of amides is 3. The number of para-hydroxylation sites is 1. The van der Waals surface area contributed by atoms with E-state index < -0.39 is 91.4 Å². The van der Waals surface area contributed by atoms with Crippen LogP contribution in [0.1, 0.15) is 31.2 Å². The van der Waals surface area contributed by atoms with Gasteiger partial charge >= 0.3 is 23.9 Å². The standard InChI is InChI=1S/C24H29N5O11/c25-13(8-19(32)33)21(36)28-16(7-11-10-26-14-4-2-1-3-12(11)14)23(38)27-15(5-6-18(30)31)22(37)29-17(24(39)40)9-20(34)35/h1-4,10,13,15-17,26H,5-9,25H2,(H,27,38)(H,28,36)(H,29,37)(H,30,31)(H,32,33)(H,34,35)(H,39,40). The molecule has 40 heavy (non-hydrogen) atoms. The number of fused-ring (bicyclic) bond motifs is 1. The van der Waals surface area contributed by atoms with Crippen molar-refractivity contribution in [3.05, 3.63) is 36.0 Å². The van der Waals surface area contributed by atoms with Crippen LogP contribution >= 0.6 is 0 Å². The van der Waals surface area contributed by atoms with Gasteiger partial charge in [0.25, 0.3) is 0 Å². The van der Waals surface area contributed by atoms with Gasteiger partial charge in [0.1, 0.15) is 18.1 Å². The predicted octanol–water partition coefficient (Wildman–Crippen LogP) is -1.61. The quantitative estimate of drug-likeness (QED) is 0.112. The fraction of sp³-hybridized carbons (Fsp3) is 0.375. The number of carbonyl (C=O) groups excluding carboxylic acids is 3. The van der Waals surface area contributed by atoms with Crippen molar-refractivity contribution in [1.82, 2.24) is 20.9 Å². The number of carboxylic acids is 4. The van der Waals surface area contributed by atoms with Gasteiger partial charge in [-0.25, -0.2) is 4.79 Å². The zero-order valence-corrected chi connectivity index (χ0v) is 21.0. The van der Waals surface area contributed by atoms with Crippen LogP contribution in [0.3, 0.4) is 0 Å². The summed E-state index contributed by atoms with van der Waals surface area (Å²) in [7, 11) is 0. The molecule has 216 valence electrons. The van der Waals surface area contributed by atoms with Crippen molar-refractivity contribution in [2.75, 3.05) is 0 Å². The molecule has 4 atom stereocenters. The Hall–Kier alpha value is -4.99. The van der Waals surface area contributed by atoms with E-state index in [0.717, 1.165) is 0 Å². The van der Waals surface area contributed by atoms with Crippen molar-refractivity contribution < 1.29 is 54.0 Å². The molecule has 0 saturated heterocycles. The van der Waals surface area contributed by atoms with Gasteiger partial charge in [-0.05, 0) is 18.1 Å². The van der Waals surface area contributed by atoms with Crippen LogP contribution in [0.2, 0.25) is 0 Å². The SMILES string of the molecule is NC(CC(=O)O)C(=O)NC(Cc1c[nH]c2ccccc12)C(=O)NC(CCC(=O)O)C(=O)NC(CC(=O)O)C(=O)O. The Balaban J connectivity index is 2.33. The fourth-order valence-electron chi connectivity index (χ4n) is 3.75. The molecule has 1 heterocycles. The van der Waals surface area contributed by atoms with E-state index in [-0.39, 0.29) is 6.42 Å². The molecule has 0 bridgehead atoms.